The summed E-state index contributed by atoms with van der Waals surface area (Å²) in [4.78, 5) is 0.343. The maximum Gasteiger partial charge on any atom is 0.241 e. The first-order chi connectivity index (χ1) is 12.1. The molecule has 1 saturated carbocycles. The summed E-state index contributed by atoms with van der Waals surface area (Å²) in [5, 5.41) is 1.58. The fourth-order valence-electron chi connectivity index (χ4n) is 3.46. The summed E-state index contributed by atoms with van der Waals surface area (Å²) in [6.07, 6.45) is 7.33. The molecule has 1 aliphatic rings. The molecule has 1 N–H and O–H groups in total. The number of benzene rings is 2. The van der Waals surface area contributed by atoms with Crippen LogP contribution in [0.2, 0.25) is 0 Å². The number of fused-ring (bicyclic) bond motifs is 1. The van der Waals surface area contributed by atoms with E-state index in [1.807, 2.05) is 24.3 Å². The van der Waals surface area contributed by atoms with Gasteiger partial charge in [-0.3, -0.25) is 0 Å². The molecule has 25 heavy (non-hydrogen) atoms. The first kappa shape index (κ1) is 18.2. The number of hydrogen-bond donors (Lipinski definition) is 1. The van der Waals surface area contributed by atoms with Crippen molar-refractivity contribution in [1.29, 1.82) is 0 Å². The Morgan fingerprint density at radius 2 is 1.76 bits per heavy atom. The Bertz CT molecular complexity index is 811. The van der Waals surface area contributed by atoms with E-state index < -0.39 is 10.0 Å². The van der Waals surface area contributed by atoms with Gasteiger partial charge in [0.05, 0.1) is 11.5 Å². The Morgan fingerprint density at radius 1 is 1.04 bits per heavy atom. The third-order valence-electron chi connectivity index (χ3n) is 4.82. The highest BCUT2D eigenvalue weighted by atomic mass is 32.2. The van der Waals surface area contributed by atoms with Gasteiger partial charge in [0.25, 0.3) is 0 Å². The quantitative estimate of drug-likeness (QED) is 0.698. The van der Waals surface area contributed by atoms with Crippen molar-refractivity contribution in [3.8, 4) is 5.75 Å². The molecule has 3 rings (SSSR count). The predicted molar refractivity (Wildman–Crippen MR) is 102 cm³/mol. The van der Waals surface area contributed by atoms with E-state index in [9.17, 15) is 8.42 Å². The molecule has 0 aromatic heterocycles. The van der Waals surface area contributed by atoms with Crippen LogP contribution in [0, 0.1) is 0 Å². The highest BCUT2D eigenvalue weighted by molar-refractivity contribution is 7.89. The zero-order valence-corrected chi connectivity index (χ0v) is 15.6. The Morgan fingerprint density at radius 3 is 2.48 bits per heavy atom. The Labute approximate surface area is 150 Å². The number of unbranched alkanes of at least 4 members (excludes halogenated alkanes) is 2. The van der Waals surface area contributed by atoms with Crippen LogP contribution in [0.4, 0.5) is 0 Å². The standard InChI is InChI=1S/C20H27NO3S/c1-2-3-8-15-24-19-13-14-20(18-12-7-6-11-17(18)19)25(22,23)21-16-9-4-5-10-16/h6-7,11-14,16,21H,2-5,8-10,15H2,1H3. The monoisotopic (exact) mass is 361 g/mol. The SMILES string of the molecule is CCCCCOc1ccc(S(=O)(=O)NC2CCCC2)c2ccccc12. The second-order valence-electron chi connectivity index (χ2n) is 6.77. The Kier molecular flexibility index (Phi) is 5.97. The summed E-state index contributed by atoms with van der Waals surface area (Å²) in [6.45, 7) is 2.82. The van der Waals surface area contributed by atoms with Gasteiger partial charge in [0.1, 0.15) is 5.75 Å². The van der Waals surface area contributed by atoms with Gasteiger partial charge < -0.3 is 4.74 Å². The fourth-order valence-corrected chi connectivity index (χ4v) is 4.98. The summed E-state index contributed by atoms with van der Waals surface area (Å²) >= 11 is 0. The lowest BCUT2D eigenvalue weighted by Crippen LogP contribution is -2.32. The second kappa shape index (κ2) is 8.19. The number of nitrogens with one attached hydrogen (secondary N) is 1. The Hall–Kier alpha value is -1.59. The van der Waals surface area contributed by atoms with E-state index in [-0.39, 0.29) is 6.04 Å². The smallest absolute Gasteiger partial charge is 0.241 e. The van der Waals surface area contributed by atoms with Crippen molar-refractivity contribution in [3.05, 3.63) is 36.4 Å². The van der Waals surface area contributed by atoms with Crippen LogP contribution in [-0.4, -0.2) is 21.1 Å². The average Bonchev–Trinajstić information content (AvgIpc) is 3.10. The highest BCUT2D eigenvalue weighted by Crippen LogP contribution is 2.32. The minimum absolute atomic E-state index is 0.0636. The van der Waals surface area contributed by atoms with Crippen LogP contribution in [0.1, 0.15) is 51.9 Å². The first-order valence-electron chi connectivity index (χ1n) is 9.28. The third-order valence-corrected chi connectivity index (χ3v) is 6.39. The predicted octanol–water partition coefficient (Wildman–Crippen LogP) is 4.63. The molecule has 1 aliphatic carbocycles. The zero-order valence-electron chi connectivity index (χ0n) is 14.8. The van der Waals surface area contributed by atoms with Gasteiger partial charge in [-0.05, 0) is 31.4 Å². The lowest BCUT2D eigenvalue weighted by molar-refractivity contribution is 0.309. The van der Waals surface area contributed by atoms with Gasteiger partial charge in [-0.2, -0.15) is 0 Å². The van der Waals surface area contributed by atoms with Crippen LogP contribution in [-0.2, 0) is 10.0 Å². The third kappa shape index (κ3) is 4.33. The van der Waals surface area contributed by atoms with Gasteiger partial charge >= 0.3 is 0 Å². The summed E-state index contributed by atoms with van der Waals surface area (Å²) in [5.74, 6) is 0.756. The highest BCUT2D eigenvalue weighted by Gasteiger charge is 2.25. The molecule has 0 aliphatic heterocycles. The number of rotatable bonds is 8. The van der Waals surface area contributed by atoms with E-state index in [0.29, 0.717) is 11.5 Å². The maximum atomic E-state index is 12.9. The molecule has 0 unspecified atom stereocenters. The summed E-state index contributed by atoms with van der Waals surface area (Å²) in [6, 6.07) is 11.1. The van der Waals surface area contributed by atoms with E-state index >= 15 is 0 Å². The molecule has 1 fully saturated rings. The molecule has 2 aromatic carbocycles. The number of sulfonamides is 1. The summed E-state index contributed by atoms with van der Waals surface area (Å²) in [7, 11) is -3.52. The van der Waals surface area contributed by atoms with Crippen molar-refractivity contribution < 1.29 is 13.2 Å². The summed E-state index contributed by atoms with van der Waals surface area (Å²) < 4.78 is 34.5. The molecule has 0 amide bonds. The van der Waals surface area contributed by atoms with E-state index in [4.69, 9.17) is 4.74 Å². The van der Waals surface area contributed by atoms with Crippen LogP contribution >= 0.6 is 0 Å². The Balaban J connectivity index is 1.89. The lowest BCUT2D eigenvalue weighted by Gasteiger charge is -2.16. The molecule has 0 bridgehead atoms. The largest absolute Gasteiger partial charge is 0.493 e. The van der Waals surface area contributed by atoms with E-state index in [1.165, 1.54) is 0 Å². The lowest BCUT2D eigenvalue weighted by atomic mass is 10.1. The minimum Gasteiger partial charge on any atom is -0.493 e. The molecule has 4 nitrogen and oxygen atoms in total. The fraction of sp³-hybridized carbons (Fsp3) is 0.500. The van der Waals surface area contributed by atoms with Gasteiger partial charge in [0, 0.05) is 16.8 Å². The van der Waals surface area contributed by atoms with Gasteiger partial charge in [0.2, 0.25) is 10.0 Å². The molecular weight excluding hydrogens is 334 g/mol. The molecule has 0 spiro atoms. The van der Waals surface area contributed by atoms with Gasteiger partial charge in [-0.15, -0.1) is 0 Å². The van der Waals surface area contributed by atoms with Gasteiger partial charge in [-0.25, -0.2) is 13.1 Å². The normalized spacial score (nSPS) is 15.7. The topological polar surface area (TPSA) is 55.4 Å². The molecule has 2 aromatic rings. The van der Waals surface area contributed by atoms with Crippen LogP contribution in [0.25, 0.3) is 10.8 Å². The maximum absolute atomic E-state index is 12.9. The van der Waals surface area contributed by atoms with Crippen molar-refractivity contribution in [3.63, 3.8) is 0 Å². The minimum atomic E-state index is -3.52. The van der Waals surface area contributed by atoms with E-state index in [2.05, 4.69) is 11.6 Å². The van der Waals surface area contributed by atoms with Crippen LogP contribution < -0.4 is 9.46 Å². The number of hydrogen-bond acceptors (Lipinski definition) is 3. The van der Waals surface area contributed by atoms with Crippen molar-refractivity contribution in [1.82, 2.24) is 4.72 Å². The van der Waals surface area contributed by atoms with Crippen LogP contribution in [0.15, 0.2) is 41.3 Å². The van der Waals surface area contributed by atoms with Crippen molar-refractivity contribution >= 4 is 20.8 Å². The molecule has 0 radical (unpaired) electrons. The van der Waals surface area contributed by atoms with Crippen molar-refractivity contribution in [2.24, 2.45) is 0 Å². The van der Waals surface area contributed by atoms with Gasteiger partial charge in [0.15, 0.2) is 0 Å². The molecule has 0 heterocycles. The second-order valence-corrected chi connectivity index (χ2v) is 8.45. The summed E-state index contributed by atoms with van der Waals surface area (Å²) in [5.41, 5.74) is 0. The zero-order chi connectivity index (χ0) is 17.7. The number of ether oxygens (including phenoxy) is 1. The van der Waals surface area contributed by atoms with Crippen LogP contribution in [0.5, 0.6) is 5.75 Å². The van der Waals surface area contributed by atoms with Gasteiger partial charge in [-0.1, -0.05) is 56.9 Å². The molecular formula is C20H27NO3S. The van der Waals surface area contributed by atoms with Crippen molar-refractivity contribution in [2.75, 3.05) is 6.61 Å². The van der Waals surface area contributed by atoms with E-state index in [0.717, 1.165) is 61.5 Å². The average molecular weight is 362 g/mol. The molecule has 0 atom stereocenters. The molecule has 0 saturated heterocycles. The molecule has 5 heteroatoms. The van der Waals surface area contributed by atoms with E-state index in [1.54, 1.807) is 12.1 Å². The first-order valence-corrected chi connectivity index (χ1v) is 10.8. The van der Waals surface area contributed by atoms with Crippen LogP contribution in [0.3, 0.4) is 0 Å². The molecule has 136 valence electrons. The van der Waals surface area contributed by atoms with Crippen molar-refractivity contribution in [2.45, 2.75) is 62.8 Å².